The molecule has 0 aliphatic carbocycles. The maximum atomic E-state index is 11.6. The van der Waals surface area contributed by atoms with Gasteiger partial charge in [-0.25, -0.2) is 4.79 Å². The van der Waals surface area contributed by atoms with Crippen LogP contribution in [0.2, 0.25) is 0 Å². The number of hydrogen-bond acceptors (Lipinski definition) is 2. The Morgan fingerprint density at radius 2 is 1.94 bits per heavy atom. The summed E-state index contributed by atoms with van der Waals surface area (Å²) in [7, 11) is 0. The van der Waals surface area contributed by atoms with E-state index in [-0.39, 0.29) is 24.0 Å². The molecule has 2 amide bonds. The summed E-state index contributed by atoms with van der Waals surface area (Å²) >= 11 is 0. The SMILES string of the molecule is CCCC(C)(C)NC(=O)NC(C)CCC(=O)O. The van der Waals surface area contributed by atoms with Gasteiger partial charge in [-0.3, -0.25) is 4.79 Å². The lowest BCUT2D eigenvalue weighted by Crippen LogP contribution is -2.50. The van der Waals surface area contributed by atoms with Crippen molar-refractivity contribution in [1.82, 2.24) is 10.6 Å². The molecule has 0 aromatic rings. The summed E-state index contributed by atoms with van der Waals surface area (Å²) in [5, 5.41) is 14.1. The molecule has 1 unspecified atom stereocenters. The lowest BCUT2D eigenvalue weighted by atomic mass is 9.99. The van der Waals surface area contributed by atoms with Gasteiger partial charge in [-0.05, 0) is 33.6 Å². The average Bonchev–Trinajstić information content (AvgIpc) is 2.13. The van der Waals surface area contributed by atoms with E-state index in [1.54, 1.807) is 6.92 Å². The van der Waals surface area contributed by atoms with E-state index in [0.717, 1.165) is 12.8 Å². The summed E-state index contributed by atoms with van der Waals surface area (Å²) in [6.07, 6.45) is 2.42. The highest BCUT2D eigenvalue weighted by molar-refractivity contribution is 5.75. The van der Waals surface area contributed by atoms with Crippen LogP contribution in [0.3, 0.4) is 0 Å². The number of aliphatic carboxylic acids is 1. The highest BCUT2D eigenvalue weighted by Crippen LogP contribution is 2.10. The summed E-state index contributed by atoms with van der Waals surface area (Å²) < 4.78 is 0. The number of hydrogen-bond donors (Lipinski definition) is 3. The second kappa shape index (κ2) is 7.14. The second-order valence-electron chi connectivity index (χ2n) is 5.07. The molecule has 5 nitrogen and oxygen atoms in total. The van der Waals surface area contributed by atoms with Gasteiger partial charge < -0.3 is 15.7 Å². The van der Waals surface area contributed by atoms with E-state index in [2.05, 4.69) is 17.6 Å². The smallest absolute Gasteiger partial charge is 0.315 e. The van der Waals surface area contributed by atoms with Crippen molar-refractivity contribution in [2.45, 2.75) is 65.0 Å². The van der Waals surface area contributed by atoms with Crippen LogP contribution in [-0.4, -0.2) is 28.7 Å². The highest BCUT2D eigenvalue weighted by atomic mass is 16.4. The molecule has 0 saturated carbocycles. The van der Waals surface area contributed by atoms with Crippen molar-refractivity contribution in [3.63, 3.8) is 0 Å². The number of carbonyl (C=O) groups is 2. The molecule has 3 N–H and O–H groups in total. The summed E-state index contributed by atoms with van der Waals surface area (Å²) in [5.41, 5.74) is -0.231. The molecule has 0 radical (unpaired) electrons. The number of nitrogens with one attached hydrogen (secondary N) is 2. The zero-order valence-corrected chi connectivity index (χ0v) is 11.2. The van der Waals surface area contributed by atoms with Crippen molar-refractivity contribution in [1.29, 1.82) is 0 Å². The molecule has 5 heteroatoms. The molecule has 0 heterocycles. The van der Waals surface area contributed by atoms with E-state index < -0.39 is 5.97 Å². The minimum Gasteiger partial charge on any atom is -0.481 e. The Balaban J connectivity index is 3.96. The topological polar surface area (TPSA) is 78.4 Å². The maximum Gasteiger partial charge on any atom is 0.315 e. The Hall–Kier alpha value is -1.26. The van der Waals surface area contributed by atoms with Crippen LogP contribution < -0.4 is 10.6 Å². The molecule has 0 saturated heterocycles. The fourth-order valence-electron chi connectivity index (χ4n) is 1.67. The van der Waals surface area contributed by atoms with Crippen LogP contribution in [0.15, 0.2) is 0 Å². The quantitative estimate of drug-likeness (QED) is 0.642. The van der Waals surface area contributed by atoms with Gasteiger partial charge in [0.15, 0.2) is 0 Å². The van der Waals surface area contributed by atoms with Gasteiger partial charge in [-0.1, -0.05) is 13.3 Å². The third kappa shape index (κ3) is 8.54. The fourth-order valence-corrected chi connectivity index (χ4v) is 1.67. The monoisotopic (exact) mass is 244 g/mol. The molecule has 100 valence electrons. The zero-order valence-electron chi connectivity index (χ0n) is 11.2. The number of carboxylic acids is 1. The molecule has 0 rings (SSSR count). The highest BCUT2D eigenvalue weighted by Gasteiger charge is 2.19. The van der Waals surface area contributed by atoms with Gasteiger partial charge in [0.05, 0.1) is 0 Å². The Kier molecular flexibility index (Phi) is 6.61. The van der Waals surface area contributed by atoms with Crippen LogP contribution in [0.1, 0.15) is 53.4 Å². The van der Waals surface area contributed by atoms with Crippen LogP contribution in [-0.2, 0) is 4.79 Å². The Morgan fingerprint density at radius 3 is 2.41 bits per heavy atom. The second-order valence-corrected chi connectivity index (χ2v) is 5.07. The van der Waals surface area contributed by atoms with Gasteiger partial charge in [0, 0.05) is 18.0 Å². The fraction of sp³-hybridized carbons (Fsp3) is 0.833. The Bertz CT molecular complexity index is 264. The predicted octanol–water partition coefficient (Wildman–Crippen LogP) is 2.12. The first-order valence-electron chi connectivity index (χ1n) is 6.07. The molecule has 0 aliphatic rings. The van der Waals surface area contributed by atoms with Gasteiger partial charge in [-0.15, -0.1) is 0 Å². The van der Waals surface area contributed by atoms with E-state index in [1.807, 2.05) is 13.8 Å². The number of urea groups is 1. The van der Waals surface area contributed by atoms with E-state index in [9.17, 15) is 9.59 Å². The minimum absolute atomic E-state index is 0.0692. The molecule has 0 aromatic heterocycles. The molecular weight excluding hydrogens is 220 g/mol. The van der Waals surface area contributed by atoms with Gasteiger partial charge in [-0.2, -0.15) is 0 Å². The summed E-state index contributed by atoms with van der Waals surface area (Å²) in [6.45, 7) is 7.81. The lowest BCUT2D eigenvalue weighted by molar-refractivity contribution is -0.137. The van der Waals surface area contributed by atoms with Crippen molar-refractivity contribution in [3.8, 4) is 0 Å². The predicted molar refractivity (Wildman–Crippen MR) is 67.0 cm³/mol. The van der Waals surface area contributed by atoms with Crippen LogP contribution in [0.4, 0.5) is 4.79 Å². The van der Waals surface area contributed by atoms with Crippen molar-refractivity contribution < 1.29 is 14.7 Å². The van der Waals surface area contributed by atoms with Gasteiger partial charge in [0.25, 0.3) is 0 Å². The molecular formula is C12H24N2O3. The summed E-state index contributed by atoms with van der Waals surface area (Å²) in [6, 6.07) is -0.370. The first-order chi connectivity index (χ1) is 7.76. The average molecular weight is 244 g/mol. The van der Waals surface area contributed by atoms with E-state index in [4.69, 9.17) is 5.11 Å². The standard InChI is InChI=1S/C12H24N2O3/c1-5-8-12(3,4)14-11(17)13-9(2)6-7-10(15)16/h9H,5-8H2,1-4H3,(H,15,16)(H2,13,14,17). The largest absolute Gasteiger partial charge is 0.481 e. The first-order valence-corrected chi connectivity index (χ1v) is 6.07. The summed E-state index contributed by atoms with van der Waals surface area (Å²) in [4.78, 5) is 22.0. The minimum atomic E-state index is -0.842. The van der Waals surface area contributed by atoms with Crippen LogP contribution in [0.25, 0.3) is 0 Å². The number of carboxylic acid groups (broad SMARTS) is 1. The molecule has 0 spiro atoms. The molecule has 0 fully saturated rings. The van der Waals surface area contributed by atoms with Crippen molar-refractivity contribution in [3.05, 3.63) is 0 Å². The van der Waals surface area contributed by atoms with E-state index in [0.29, 0.717) is 6.42 Å². The Morgan fingerprint density at radius 1 is 1.35 bits per heavy atom. The number of rotatable bonds is 7. The molecule has 0 bridgehead atoms. The first kappa shape index (κ1) is 15.7. The zero-order chi connectivity index (χ0) is 13.5. The molecule has 0 aromatic carbocycles. The van der Waals surface area contributed by atoms with E-state index >= 15 is 0 Å². The van der Waals surface area contributed by atoms with Gasteiger partial charge in [0.2, 0.25) is 0 Å². The van der Waals surface area contributed by atoms with Crippen LogP contribution in [0.5, 0.6) is 0 Å². The van der Waals surface area contributed by atoms with Gasteiger partial charge >= 0.3 is 12.0 Å². The van der Waals surface area contributed by atoms with Crippen molar-refractivity contribution in [2.24, 2.45) is 0 Å². The molecule has 1 atom stereocenters. The normalized spacial score (nSPS) is 12.9. The lowest BCUT2D eigenvalue weighted by Gasteiger charge is -2.27. The summed E-state index contributed by atoms with van der Waals surface area (Å²) in [5.74, 6) is -0.842. The third-order valence-electron chi connectivity index (χ3n) is 2.50. The van der Waals surface area contributed by atoms with Crippen molar-refractivity contribution >= 4 is 12.0 Å². The Labute approximate surface area is 103 Å². The van der Waals surface area contributed by atoms with E-state index in [1.165, 1.54) is 0 Å². The third-order valence-corrected chi connectivity index (χ3v) is 2.50. The number of amides is 2. The van der Waals surface area contributed by atoms with Crippen LogP contribution in [0, 0.1) is 0 Å². The molecule has 0 aliphatic heterocycles. The number of carbonyl (C=O) groups excluding carboxylic acids is 1. The van der Waals surface area contributed by atoms with Gasteiger partial charge in [0.1, 0.15) is 0 Å². The maximum absolute atomic E-state index is 11.6. The van der Waals surface area contributed by atoms with Crippen LogP contribution >= 0.6 is 0 Å². The molecule has 17 heavy (non-hydrogen) atoms. The van der Waals surface area contributed by atoms with Crippen molar-refractivity contribution in [2.75, 3.05) is 0 Å².